The highest BCUT2D eigenvalue weighted by Crippen LogP contribution is 2.31. The summed E-state index contributed by atoms with van der Waals surface area (Å²) in [5.74, 6) is 0.917. The van der Waals surface area contributed by atoms with Gasteiger partial charge in [0, 0.05) is 34.6 Å². The molecule has 2 heterocycles. The van der Waals surface area contributed by atoms with Crippen molar-refractivity contribution >= 4 is 27.2 Å². The molecule has 1 aromatic heterocycles. The predicted molar refractivity (Wildman–Crippen MR) is 115 cm³/mol. The molecule has 7 nitrogen and oxygen atoms in total. The number of fused-ring (bicyclic) bond motifs is 4. The minimum Gasteiger partial charge on any atom is -0.494 e. The van der Waals surface area contributed by atoms with Gasteiger partial charge in [0.25, 0.3) is 0 Å². The number of ether oxygens (including phenoxy) is 1. The number of nitrogens with zero attached hydrogens (tertiary/aromatic N) is 2. The number of rotatable bonds is 2. The maximum atomic E-state index is 14.2. The van der Waals surface area contributed by atoms with E-state index < -0.39 is 15.5 Å². The minimum atomic E-state index is -2.86. The summed E-state index contributed by atoms with van der Waals surface area (Å²) in [7, 11) is -1.44. The lowest BCUT2D eigenvalue weighted by Crippen LogP contribution is -2.09. The van der Waals surface area contributed by atoms with Crippen LogP contribution in [0, 0.1) is 10.6 Å². The van der Waals surface area contributed by atoms with Gasteiger partial charge in [-0.2, -0.15) is 4.98 Å². The van der Waals surface area contributed by atoms with Crippen molar-refractivity contribution in [1.82, 2.24) is 9.97 Å². The second-order valence-corrected chi connectivity index (χ2v) is 9.20. The van der Waals surface area contributed by atoms with E-state index in [0.717, 1.165) is 6.42 Å². The molecule has 0 aliphatic carbocycles. The van der Waals surface area contributed by atoms with Gasteiger partial charge in [-0.15, -0.1) is 0 Å². The van der Waals surface area contributed by atoms with E-state index in [9.17, 15) is 8.60 Å². The van der Waals surface area contributed by atoms with Gasteiger partial charge in [0.15, 0.2) is 11.6 Å². The van der Waals surface area contributed by atoms with Crippen LogP contribution in [0.15, 0.2) is 53.6 Å². The van der Waals surface area contributed by atoms with E-state index in [-0.39, 0.29) is 11.5 Å². The Hall–Kier alpha value is -3.20. The second kappa shape index (κ2) is 8.27. The molecule has 4 rings (SSSR count). The van der Waals surface area contributed by atoms with E-state index in [1.54, 1.807) is 36.5 Å². The highest BCUT2D eigenvalue weighted by molar-refractivity contribution is 7.92. The molecule has 3 N–H and O–H groups in total. The Morgan fingerprint density at radius 2 is 2.07 bits per heavy atom. The first-order chi connectivity index (χ1) is 14.5. The Morgan fingerprint density at radius 3 is 2.87 bits per heavy atom. The van der Waals surface area contributed by atoms with Crippen LogP contribution in [0.2, 0.25) is 0 Å². The van der Waals surface area contributed by atoms with Crippen LogP contribution in [0.1, 0.15) is 12.8 Å². The van der Waals surface area contributed by atoms with Gasteiger partial charge in [-0.1, -0.05) is 12.1 Å². The molecule has 156 valence electrons. The molecule has 0 fully saturated rings. The maximum absolute atomic E-state index is 14.2. The summed E-state index contributed by atoms with van der Waals surface area (Å²) < 4.78 is 40.2. The molecule has 0 amide bonds. The van der Waals surface area contributed by atoms with Crippen LogP contribution < -0.4 is 15.4 Å². The van der Waals surface area contributed by atoms with Crippen molar-refractivity contribution < 1.29 is 13.3 Å². The first-order valence-electron chi connectivity index (χ1n) is 9.55. The number of anilines is 3. The number of benzene rings is 2. The average Bonchev–Trinajstić information content (AvgIpc) is 2.73. The number of methoxy groups -OCH3 is 1. The quantitative estimate of drug-likeness (QED) is 0.551. The van der Waals surface area contributed by atoms with Gasteiger partial charge in [0.1, 0.15) is 5.82 Å². The molecule has 30 heavy (non-hydrogen) atoms. The van der Waals surface area contributed by atoms with Crippen molar-refractivity contribution in [1.29, 1.82) is 4.78 Å². The number of aromatic nitrogens is 2. The molecule has 4 bridgehead atoms. The lowest BCUT2D eigenvalue weighted by Gasteiger charge is -2.13. The minimum absolute atomic E-state index is 0.171. The molecule has 0 saturated carbocycles. The fourth-order valence-corrected chi connectivity index (χ4v) is 4.75. The molecule has 1 aliphatic heterocycles. The number of nitrogens with one attached hydrogen (secondary N) is 3. The Morgan fingerprint density at radius 1 is 1.20 bits per heavy atom. The third kappa shape index (κ3) is 4.20. The fourth-order valence-electron chi connectivity index (χ4n) is 3.29. The largest absolute Gasteiger partial charge is 0.494 e. The van der Waals surface area contributed by atoms with Crippen molar-refractivity contribution in [3.05, 3.63) is 54.5 Å². The van der Waals surface area contributed by atoms with E-state index >= 15 is 0 Å². The van der Waals surface area contributed by atoms with Crippen LogP contribution in [-0.2, 0) is 9.73 Å². The van der Waals surface area contributed by atoms with Crippen molar-refractivity contribution in [3.8, 4) is 16.9 Å². The number of hydrogen-bond donors (Lipinski definition) is 3. The van der Waals surface area contributed by atoms with Gasteiger partial charge in [0.2, 0.25) is 5.95 Å². The van der Waals surface area contributed by atoms with Crippen LogP contribution >= 0.6 is 0 Å². The van der Waals surface area contributed by atoms with Crippen LogP contribution in [0.25, 0.3) is 11.1 Å². The number of halogens is 1. The van der Waals surface area contributed by atoms with Crippen LogP contribution in [-0.4, -0.2) is 33.6 Å². The Balaban J connectivity index is 1.74. The SMILES string of the molecule is COc1ccc(-c2cnc3nc2NCCCCS(=N)(=O)c2cccc(c2)N3)cc1F. The lowest BCUT2D eigenvalue weighted by atomic mass is 10.1. The molecular formula is C21H22FN5O2S. The van der Waals surface area contributed by atoms with Crippen LogP contribution in [0.5, 0.6) is 5.75 Å². The van der Waals surface area contributed by atoms with Crippen LogP contribution in [0.3, 0.4) is 0 Å². The van der Waals surface area contributed by atoms with Gasteiger partial charge in [-0.25, -0.2) is 18.4 Å². The fraction of sp³-hybridized carbons (Fsp3) is 0.238. The monoisotopic (exact) mass is 427 g/mol. The first-order valence-corrected chi connectivity index (χ1v) is 11.3. The molecule has 0 spiro atoms. The summed E-state index contributed by atoms with van der Waals surface area (Å²) in [5.41, 5.74) is 1.94. The van der Waals surface area contributed by atoms with Gasteiger partial charge in [0.05, 0.1) is 16.8 Å². The van der Waals surface area contributed by atoms with E-state index in [2.05, 4.69) is 20.6 Å². The van der Waals surface area contributed by atoms with Gasteiger partial charge < -0.3 is 15.4 Å². The number of hydrogen-bond acceptors (Lipinski definition) is 7. The van der Waals surface area contributed by atoms with Gasteiger partial charge in [-0.3, -0.25) is 0 Å². The Kier molecular flexibility index (Phi) is 5.54. The zero-order valence-corrected chi connectivity index (χ0v) is 17.3. The Labute approximate surface area is 174 Å². The molecule has 1 aliphatic rings. The van der Waals surface area contributed by atoms with E-state index in [1.165, 1.54) is 13.2 Å². The molecule has 9 heteroatoms. The molecule has 0 radical (unpaired) electrons. The van der Waals surface area contributed by atoms with Crippen molar-refractivity contribution in [3.63, 3.8) is 0 Å². The molecule has 1 unspecified atom stereocenters. The summed E-state index contributed by atoms with van der Waals surface area (Å²) in [4.78, 5) is 9.43. The topological polar surface area (TPSA) is 100.0 Å². The van der Waals surface area contributed by atoms with E-state index in [1.807, 2.05) is 6.07 Å². The molecule has 2 aromatic carbocycles. The van der Waals surface area contributed by atoms with E-state index in [0.29, 0.717) is 46.4 Å². The van der Waals surface area contributed by atoms with Crippen molar-refractivity contribution in [2.75, 3.05) is 30.0 Å². The predicted octanol–water partition coefficient (Wildman–Crippen LogP) is 4.65. The standard InChI is InChI=1S/C21H22FN5O2S/c1-29-19-8-7-14(11-18(19)22)17-13-25-21-26-15-5-4-6-16(12-15)30(23,28)10-3-2-9-24-20(17)27-21/h4-8,11-13,23H,2-3,9-10H2,1H3,(H2,24,25,26,27). The summed E-state index contributed by atoms with van der Waals surface area (Å²) in [6.07, 6.45) is 2.99. The van der Waals surface area contributed by atoms with Crippen molar-refractivity contribution in [2.24, 2.45) is 0 Å². The maximum Gasteiger partial charge on any atom is 0.229 e. The van der Waals surface area contributed by atoms with E-state index in [4.69, 9.17) is 9.52 Å². The second-order valence-electron chi connectivity index (χ2n) is 6.97. The lowest BCUT2D eigenvalue weighted by molar-refractivity contribution is 0.386. The normalized spacial score (nSPS) is 18.7. The third-order valence-electron chi connectivity index (χ3n) is 4.87. The summed E-state index contributed by atoms with van der Waals surface area (Å²) in [5, 5.41) is 6.38. The molecule has 0 saturated heterocycles. The highest BCUT2D eigenvalue weighted by Gasteiger charge is 2.15. The van der Waals surface area contributed by atoms with Crippen molar-refractivity contribution in [2.45, 2.75) is 17.7 Å². The zero-order chi connectivity index (χ0) is 21.1. The molecule has 3 aromatic rings. The van der Waals surface area contributed by atoms with Gasteiger partial charge in [-0.05, 0) is 48.7 Å². The van der Waals surface area contributed by atoms with Gasteiger partial charge >= 0.3 is 0 Å². The summed E-state index contributed by atoms with van der Waals surface area (Å²) in [6, 6.07) is 11.7. The Bertz CT molecular complexity index is 1180. The third-order valence-corrected chi connectivity index (χ3v) is 6.75. The molecular weight excluding hydrogens is 405 g/mol. The average molecular weight is 428 g/mol. The summed E-state index contributed by atoms with van der Waals surface area (Å²) in [6.45, 7) is 0.579. The molecule has 1 atom stereocenters. The van der Waals surface area contributed by atoms with Crippen LogP contribution in [0.4, 0.5) is 21.8 Å². The smallest absolute Gasteiger partial charge is 0.229 e. The highest BCUT2D eigenvalue weighted by atomic mass is 32.2. The first kappa shape index (κ1) is 20.1. The zero-order valence-electron chi connectivity index (χ0n) is 16.4. The summed E-state index contributed by atoms with van der Waals surface area (Å²) >= 11 is 0.